The molecule has 0 radical (unpaired) electrons. The summed E-state index contributed by atoms with van der Waals surface area (Å²) in [6.07, 6.45) is 16.0. The molecular formula is C28H39F5O. The molecule has 2 fully saturated rings. The van der Waals surface area contributed by atoms with Gasteiger partial charge in [0.2, 0.25) is 5.75 Å². The van der Waals surface area contributed by atoms with Crippen molar-refractivity contribution < 1.29 is 26.7 Å². The maximum absolute atomic E-state index is 13.9. The second-order valence-electron chi connectivity index (χ2n) is 10.4. The van der Waals surface area contributed by atoms with E-state index in [-0.39, 0.29) is 0 Å². The van der Waals surface area contributed by atoms with E-state index in [0.717, 1.165) is 49.1 Å². The third-order valence-electron chi connectivity index (χ3n) is 8.04. The predicted molar refractivity (Wildman–Crippen MR) is 126 cm³/mol. The zero-order valence-electron chi connectivity index (χ0n) is 20.3. The van der Waals surface area contributed by atoms with Crippen LogP contribution in [0.25, 0.3) is 0 Å². The van der Waals surface area contributed by atoms with E-state index in [1.165, 1.54) is 64.2 Å². The summed E-state index contributed by atoms with van der Waals surface area (Å²) < 4.78 is 68.3. The predicted octanol–water partition coefficient (Wildman–Crippen LogP) is 9.55. The van der Waals surface area contributed by atoms with Crippen LogP contribution in [0.4, 0.5) is 22.0 Å². The van der Waals surface area contributed by atoms with Crippen LogP contribution >= 0.6 is 0 Å². The summed E-state index contributed by atoms with van der Waals surface area (Å²) in [6.45, 7) is 2.08. The van der Waals surface area contributed by atoms with Crippen molar-refractivity contribution in [3.05, 3.63) is 41.5 Å². The summed E-state index contributed by atoms with van der Waals surface area (Å²) in [7, 11) is 0. The summed E-state index contributed by atoms with van der Waals surface area (Å²) in [5, 5.41) is 0. The SMILES string of the molecule is CC=CCCCCC1CCC(C2CCC(CCc3cc(F)c(OC(F)(F)F)c(F)c3)CC2)CC1. The highest BCUT2D eigenvalue weighted by Crippen LogP contribution is 2.43. The fraction of sp³-hybridized carbons (Fsp3) is 0.714. The number of hydrogen-bond donors (Lipinski definition) is 0. The van der Waals surface area contributed by atoms with Gasteiger partial charge in [0.15, 0.2) is 11.6 Å². The summed E-state index contributed by atoms with van der Waals surface area (Å²) in [5.41, 5.74) is 0.385. The van der Waals surface area contributed by atoms with E-state index in [4.69, 9.17) is 0 Å². The van der Waals surface area contributed by atoms with Gasteiger partial charge >= 0.3 is 6.36 Å². The van der Waals surface area contributed by atoms with Crippen molar-refractivity contribution in [1.82, 2.24) is 0 Å². The van der Waals surface area contributed by atoms with Gasteiger partial charge in [0.1, 0.15) is 0 Å². The minimum absolute atomic E-state index is 0.385. The quantitative estimate of drug-likeness (QED) is 0.182. The van der Waals surface area contributed by atoms with Crippen LogP contribution in [0.5, 0.6) is 5.75 Å². The van der Waals surface area contributed by atoms with Gasteiger partial charge in [0.05, 0.1) is 0 Å². The van der Waals surface area contributed by atoms with Gasteiger partial charge in [0, 0.05) is 0 Å². The molecule has 0 bridgehead atoms. The molecule has 2 saturated carbocycles. The van der Waals surface area contributed by atoms with Gasteiger partial charge in [-0.05, 0) is 99.7 Å². The molecule has 0 N–H and O–H groups in total. The van der Waals surface area contributed by atoms with Gasteiger partial charge in [-0.1, -0.05) is 50.7 Å². The molecule has 3 rings (SSSR count). The highest BCUT2D eigenvalue weighted by Gasteiger charge is 2.34. The first-order chi connectivity index (χ1) is 16.2. The molecular weight excluding hydrogens is 447 g/mol. The molecule has 2 aliphatic carbocycles. The molecule has 1 aromatic carbocycles. The Kier molecular flexibility index (Phi) is 10.3. The molecule has 34 heavy (non-hydrogen) atoms. The van der Waals surface area contributed by atoms with Crippen molar-refractivity contribution >= 4 is 0 Å². The van der Waals surface area contributed by atoms with Crippen LogP contribution in [-0.4, -0.2) is 6.36 Å². The van der Waals surface area contributed by atoms with E-state index in [9.17, 15) is 22.0 Å². The van der Waals surface area contributed by atoms with Gasteiger partial charge in [-0.3, -0.25) is 0 Å². The van der Waals surface area contributed by atoms with E-state index >= 15 is 0 Å². The Bertz CT molecular complexity index is 748. The highest BCUT2D eigenvalue weighted by atomic mass is 19.4. The van der Waals surface area contributed by atoms with Gasteiger partial charge in [-0.15, -0.1) is 13.2 Å². The molecule has 0 atom stereocenters. The number of benzene rings is 1. The number of unbranched alkanes of at least 4 members (excludes halogenated alkanes) is 2. The van der Waals surface area contributed by atoms with Crippen LogP contribution in [0.1, 0.15) is 96.0 Å². The van der Waals surface area contributed by atoms with E-state index in [1.807, 2.05) is 0 Å². The smallest absolute Gasteiger partial charge is 0.399 e. The normalized spacial score (nSPS) is 26.2. The molecule has 1 nitrogen and oxygen atoms in total. The van der Waals surface area contributed by atoms with Crippen molar-refractivity contribution in [2.45, 2.75) is 103 Å². The van der Waals surface area contributed by atoms with Crippen molar-refractivity contribution in [2.24, 2.45) is 23.7 Å². The van der Waals surface area contributed by atoms with Crippen LogP contribution in [0.15, 0.2) is 24.3 Å². The summed E-state index contributed by atoms with van der Waals surface area (Å²) >= 11 is 0. The first-order valence-corrected chi connectivity index (χ1v) is 13.1. The zero-order chi connectivity index (χ0) is 24.6. The fourth-order valence-corrected chi connectivity index (χ4v) is 6.10. The molecule has 0 spiro atoms. The summed E-state index contributed by atoms with van der Waals surface area (Å²) in [5.74, 6) is -0.895. The van der Waals surface area contributed by atoms with Crippen molar-refractivity contribution in [3.8, 4) is 5.75 Å². The zero-order valence-corrected chi connectivity index (χ0v) is 20.3. The molecule has 192 valence electrons. The van der Waals surface area contributed by atoms with Crippen molar-refractivity contribution in [1.29, 1.82) is 0 Å². The third kappa shape index (κ3) is 8.57. The van der Waals surface area contributed by atoms with Crippen molar-refractivity contribution in [2.75, 3.05) is 0 Å². The van der Waals surface area contributed by atoms with E-state index in [1.54, 1.807) is 0 Å². The van der Waals surface area contributed by atoms with E-state index < -0.39 is 23.7 Å². The molecule has 0 aromatic heterocycles. The first-order valence-electron chi connectivity index (χ1n) is 13.1. The minimum Gasteiger partial charge on any atom is -0.399 e. The minimum atomic E-state index is -5.12. The lowest BCUT2D eigenvalue weighted by Crippen LogP contribution is -2.26. The number of hydrogen-bond acceptors (Lipinski definition) is 1. The number of alkyl halides is 3. The lowest BCUT2D eigenvalue weighted by Gasteiger charge is -2.38. The van der Waals surface area contributed by atoms with E-state index in [2.05, 4.69) is 23.8 Å². The number of ether oxygens (including phenoxy) is 1. The molecule has 2 aliphatic rings. The Morgan fingerprint density at radius 2 is 1.35 bits per heavy atom. The molecule has 0 saturated heterocycles. The Morgan fingerprint density at radius 1 is 0.824 bits per heavy atom. The number of halogens is 5. The second kappa shape index (κ2) is 12.9. The maximum atomic E-state index is 13.9. The fourth-order valence-electron chi connectivity index (χ4n) is 6.10. The van der Waals surface area contributed by atoms with Gasteiger partial charge in [0.25, 0.3) is 0 Å². The topological polar surface area (TPSA) is 9.23 Å². The van der Waals surface area contributed by atoms with Crippen LogP contribution < -0.4 is 4.74 Å². The Hall–Kier alpha value is -1.59. The molecule has 0 heterocycles. The van der Waals surface area contributed by atoms with Crippen molar-refractivity contribution in [3.63, 3.8) is 0 Å². The summed E-state index contributed by atoms with van der Waals surface area (Å²) in [4.78, 5) is 0. The molecule has 1 aromatic rings. The maximum Gasteiger partial charge on any atom is 0.573 e. The summed E-state index contributed by atoms with van der Waals surface area (Å²) in [6, 6.07) is 1.93. The average Bonchev–Trinajstić information content (AvgIpc) is 2.80. The average molecular weight is 487 g/mol. The van der Waals surface area contributed by atoms with Crippen LogP contribution in [-0.2, 0) is 6.42 Å². The van der Waals surface area contributed by atoms with Crippen LogP contribution in [0.3, 0.4) is 0 Å². The first kappa shape index (κ1) is 27.0. The largest absolute Gasteiger partial charge is 0.573 e. The van der Waals surface area contributed by atoms with Gasteiger partial charge < -0.3 is 4.74 Å². The Balaban J connectivity index is 1.36. The number of rotatable bonds is 10. The Labute approximate surface area is 201 Å². The molecule has 6 heteroatoms. The lowest BCUT2D eigenvalue weighted by atomic mass is 9.68. The standard InChI is InChI=1S/C28H39F5O/c1-2-3-4-5-6-7-20-10-14-23(15-11-20)24-16-12-21(13-17-24)8-9-22-18-25(29)27(26(30)19-22)34-28(31,32)33/h2-3,18-21,23-24H,4-17H2,1H3. The van der Waals surface area contributed by atoms with Gasteiger partial charge in [-0.2, -0.15) is 0 Å². The highest BCUT2D eigenvalue weighted by molar-refractivity contribution is 5.31. The van der Waals surface area contributed by atoms with Gasteiger partial charge in [-0.25, -0.2) is 8.78 Å². The lowest BCUT2D eigenvalue weighted by molar-refractivity contribution is -0.276. The molecule has 0 aliphatic heterocycles. The van der Waals surface area contributed by atoms with Crippen LogP contribution in [0, 0.1) is 35.3 Å². The third-order valence-corrected chi connectivity index (χ3v) is 8.04. The molecule has 0 unspecified atom stereocenters. The Morgan fingerprint density at radius 3 is 1.85 bits per heavy atom. The number of allylic oxidation sites excluding steroid dienone is 2. The molecule has 0 amide bonds. The number of aryl methyl sites for hydroxylation is 1. The van der Waals surface area contributed by atoms with Crippen LogP contribution in [0.2, 0.25) is 0 Å². The second-order valence-corrected chi connectivity index (χ2v) is 10.4. The monoisotopic (exact) mass is 486 g/mol. The van der Waals surface area contributed by atoms with E-state index in [0.29, 0.717) is 17.9 Å².